The number of amides is 1. The molecule has 2 rings (SSSR count). The van der Waals surface area contributed by atoms with Gasteiger partial charge in [0.05, 0.1) is 7.11 Å². The molecule has 0 saturated carbocycles. The van der Waals surface area contributed by atoms with Gasteiger partial charge in [-0.2, -0.15) is 0 Å². The molecule has 1 aromatic carbocycles. The van der Waals surface area contributed by atoms with Gasteiger partial charge >= 0.3 is 6.09 Å². The first-order valence-corrected chi connectivity index (χ1v) is 7.93. The zero-order chi connectivity index (χ0) is 16.3. The summed E-state index contributed by atoms with van der Waals surface area (Å²) < 4.78 is 11.0. The largest absolute Gasteiger partial charge is 0.496 e. The normalized spacial score (nSPS) is 21.8. The molecule has 1 aromatic rings. The third-order valence-corrected chi connectivity index (χ3v) is 4.13. The molecule has 122 valence electrons. The zero-order valence-corrected chi connectivity index (χ0v) is 14.3. The Morgan fingerprint density at radius 3 is 2.64 bits per heavy atom. The Kier molecular flexibility index (Phi) is 4.99. The minimum absolute atomic E-state index is 0.158. The Morgan fingerprint density at radius 1 is 1.32 bits per heavy atom. The Hall–Kier alpha value is -1.71. The van der Waals surface area contributed by atoms with E-state index in [0.29, 0.717) is 5.92 Å². The van der Waals surface area contributed by atoms with Gasteiger partial charge in [0.25, 0.3) is 0 Å². The lowest BCUT2D eigenvalue weighted by molar-refractivity contribution is 0.0210. The van der Waals surface area contributed by atoms with Crippen molar-refractivity contribution in [2.75, 3.05) is 13.7 Å². The van der Waals surface area contributed by atoms with Crippen molar-refractivity contribution in [2.24, 2.45) is 5.92 Å². The minimum atomic E-state index is -0.460. The van der Waals surface area contributed by atoms with Crippen molar-refractivity contribution < 1.29 is 14.3 Å². The molecule has 1 aliphatic rings. The maximum absolute atomic E-state index is 12.4. The van der Waals surface area contributed by atoms with E-state index in [1.54, 1.807) is 7.11 Å². The number of rotatable bonds is 3. The lowest BCUT2D eigenvalue weighted by Crippen LogP contribution is -2.42. The number of carbonyl (C=O) groups excluding carboxylic acids is 1. The highest BCUT2D eigenvalue weighted by atomic mass is 16.6. The van der Waals surface area contributed by atoms with Gasteiger partial charge in [-0.15, -0.1) is 0 Å². The maximum Gasteiger partial charge on any atom is 0.410 e. The van der Waals surface area contributed by atoms with Crippen LogP contribution in [0.25, 0.3) is 0 Å². The molecule has 0 spiro atoms. The molecule has 4 heteroatoms. The Balaban J connectivity index is 2.14. The van der Waals surface area contributed by atoms with Gasteiger partial charge in [-0.25, -0.2) is 4.79 Å². The quantitative estimate of drug-likeness (QED) is 0.850. The fraction of sp³-hybridized carbons (Fsp3) is 0.611. The van der Waals surface area contributed by atoms with Crippen molar-refractivity contribution in [1.82, 2.24) is 4.90 Å². The second kappa shape index (κ2) is 6.59. The van der Waals surface area contributed by atoms with Gasteiger partial charge in [0.1, 0.15) is 11.4 Å². The lowest BCUT2D eigenvalue weighted by Gasteiger charge is -2.30. The smallest absolute Gasteiger partial charge is 0.410 e. The van der Waals surface area contributed by atoms with Gasteiger partial charge in [-0.1, -0.05) is 25.1 Å². The van der Waals surface area contributed by atoms with Crippen molar-refractivity contribution in [1.29, 1.82) is 0 Å². The van der Waals surface area contributed by atoms with E-state index in [0.717, 1.165) is 30.7 Å². The molecular formula is C18H27NO3. The van der Waals surface area contributed by atoms with Crippen LogP contribution in [0.3, 0.4) is 0 Å². The minimum Gasteiger partial charge on any atom is -0.496 e. The lowest BCUT2D eigenvalue weighted by atomic mass is 9.95. The summed E-state index contributed by atoms with van der Waals surface area (Å²) in [5, 5.41) is 0. The van der Waals surface area contributed by atoms with E-state index in [9.17, 15) is 4.79 Å². The van der Waals surface area contributed by atoms with Crippen LogP contribution in [0.15, 0.2) is 24.3 Å². The number of methoxy groups -OCH3 is 1. The van der Waals surface area contributed by atoms with Crippen molar-refractivity contribution in [2.45, 2.75) is 52.2 Å². The molecular weight excluding hydrogens is 278 g/mol. The number of likely N-dealkylation sites (tertiary alicyclic amines) is 1. The standard InChI is InChI=1S/C18H27NO3/c1-13-10-11-19(17(20)22-18(2,3)4)15(13)12-14-8-6-7-9-16(14)21-5/h6-9,13,15H,10-12H2,1-5H3/t13-,15+/m0/s1. The van der Waals surface area contributed by atoms with Gasteiger partial charge in [0, 0.05) is 12.6 Å². The van der Waals surface area contributed by atoms with Crippen LogP contribution in [-0.2, 0) is 11.2 Å². The molecule has 4 nitrogen and oxygen atoms in total. The van der Waals surface area contributed by atoms with Crippen molar-refractivity contribution in [3.05, 3.63) is 29.8 Å². The second-order valence-electron chi connectivity index (χ2n) is 7.02. The van der Waals surface area contributed by atoms with Crippen LogP contribution in [0.1, 0.15) is 39.7 Å². The van der Waals surface area contributed by atoms with E-state index >= 15 is 0 Å². The average molecular weight is 305 g/mol. The molecule has 0 bridgehead atoms. The Bertz CT molecular complexity index is 521. The summed E-state index contributed by atoms with van der Waals surface area (Å²) in [6.07, 6.45) is 1.60. The van der Waals surface area contributed by atoms with E-state index in [-0.39, 0.29) is 12.1 Å². The van der Waals surface area contributed by atoms with E-state index in [4.69, 9.17) is 9.47 Å². The van der Waals surface area contributed by atoms with Crippen LogP contribution < -0.4 is 4.74 Å². The van der Waals surface area contributed by atoms with E-state index < -0.39 is 5.60 Å². The molecule has 1 saturated heterocycles. The summed E-state index contributed by atoms with van der Waals surface area (Å²) in [4.78, 5) is 14.3. The molecule has 0 unspecified atom stereocenters. The average Bonchev–Trinajstić information content (AvgIpc) is 2.79. The summed E-state index contributed by atoms with van der Waals surface area (Å²) in [6, 6.07) is 8.16. The summed E-state index contributed by atoms with van der Waals surface area (Å²) >= 11 is 0. The number of nitrogens with zero attached hydrogens (tertiary/aromatic N) is 1. The topological polar surface area (TPSA) is 38.8 Å². The summed E-state index contributed by atoms with van der Waals surface area (Å²) in [5.41, 5.74) is 0.676. The molecule has 1 amide bonds. The van der Waals surface area contributed by atoms with Gasteiger partial charge in [-0.05, 0) is 51.2 Å². The Morgan fingerprint density at radius 2 is 2.00 bits per heavy atom. The van der Waals surface area contributed by atoms with Gasteiger partial charge in [0.15, 0.2) is 0 Å². The first-order chi connectivity index (χ1) is 10.3. The van der Waals surface area contributed by atoms with Gasteiger partial charge in [0.2, 0.25) is 0 Å². The van der Waals surface area contributed by atoms with Crippen LogP contribution in [0.4, 0.5) is 4.79 Å². The highest BCUT2D eigenvalue weighted by Crippen LogP contribution is 2.31. The molecule has 0 N–H and O–H groups in total. The predicted octanol–water partition coefficient (Wildman–Crippen LogP) is 3.88. The fourth-order valence-electron chi connectivity index (χ4n) is 2.96. The number of ether oxygens (including phenoxy) is 2. The number of carbonyl (C=O) groups is 1. The number of hydrogen-bond donors (Lipinski definition) is 0. The van der Waals surface area contributed by atoms with E-state index in [2.05, 4.69) is 13.0 Å². The number of benzene rings is 1. The van der Waals surface area contributed by atoms with Crippen LogP contribution in [-0.4, -0.2) is 36.3 Å². The first-order valence-electron chi connectivity index (χ1n) is 7.93. The van der Waals surface area contributed by atoms with E-state index in [1.165, 1.54) is 0 Å². The molecule has 0 radical (unpaired) electrons. The van der Waals surface area contributed by atoms with Crippen LogP contribution in [0.5, 0.6) is 5.75 Å². The van der Waals surface area contributed by atoms with Crippen LogP contribution in [0.2, 0.25) is 0 Å². The highest BCUT2D eigenvalue weighted by molar-refractivity contribution is 5.69. The molecule has 22 heavy (non-hydrogen) atoms. The van der Waals surface area contributed by atoms with E-state index in [1.807, 2.05) is 43.9 Å². The molecule has 1 fully saturated rings. The molecule has 1 heterocycles. The number of hydrogen-bond acceptors (Lipinski definition) is 3. The van der Waals surface area contributed by atoms with Crippen LogP contribution >= 0.6 is 0 Å². The monoisotopic (exact) mass is 305 g/mol. The highest BCUT2D eigenvalue weighted by Gasteiger charge is 2.37. The van der Waals surface area contributed by atoms with Crippen LogP contribution in [0, 0.1) is 5.92 Å². The SMILES string of the molecule is COc1ccccc1C[C@@H]1[C@@H](C)CCN1C(=O)OC(C)(C)C. The summed E-state index contributed by atoms with van der Waals surface area (Å²) in [7, 11) is 1.68. The summed E-state index contributed by atoms with van der Waals surface area (Å²) in [5.74, 6) is 1.34. The van der Waals surface area contributed by atoms with Crippen molar-refractivity contribution in [3.63, 3.8) is 0 Å². The summed E-state index contributed by atoms with van der Waals surface area (Å²) in [6.45, 7) is 8.67. The Labute approximate surface area is 133 Å². The third-order valence-electron chi connectivity index (χ3n) is 4.13. The van der Waals surface area contributed by atoms with Gasteiger partial charge in [-0.3, -0.25) is 0 Å². The van der Waals surface area contributed by atoms with Gasteiger partial charge < -0.3 is 14.4 Å². The number of para-hydroxylation sites is 1. The molecule has 0 aliphatic carbocycles. The third kappa shape index (κ3) is 3.93. The molecule has 0 aromatic heterocycles. The predicted molar refractivity (Wildman–Crippen MR) is 87.2 cm³/mol. The second-order valence-corrected chi connectivity index (χ2v) is 7.02. The maximum atomic E-state index is 12.4. The molecule has 2 atom stereocenters. The zero-order valence-electron chi connectivity index (χ0n) is 14.3. The van der Waals surface area contributed by atoms with Crippen molar-refractivity contribution >= 4 is 6.09 Å². The fourth-order valence-corrected chi connectivity index (χ4v) is 2.96. The molecule has 1 aliphatic heterocycles. The first kappa shape index (κ1) is 16.7. The van der Waals surface area contributed by atoms with Crippen molar-refractivity contribution in [3.8, 4) is 5.75 Å².